The first-order valence-corrected chi connectivity index (χ1v) is 6.42. The van der Waals surface area contributed by atoms with Gasteiger partial charge in [0, 0.05) is 12.1 Å². The number of benzene rings is 1. The van der Waals surface area contributed by atoms with E-state index in [1.54, 1.807) is 7.11 Å². The second kappa shape index (κ2) is 8.02. The molecule has 0 bridgehead atoms. The molecule has 0 aromatic heterocycles. The number of rotatable bonds is 4. The number of carbonyl (C=O) groups excluding carboxylic acids is 1. The summed E-state index contributed by atoms with van der Waals surface area (Å²) < 4.78 is 5.08. The van der Waals surface area contributed by atoms with Crippen LogP contribution in [-0.2, 0) is 4.79 Å². The molecule has 0 atom stereocenters. The highest BCUT2D eigenvalue weighted by atomic mass is 35.5. The topological polar surface area (TPSA) is 50.4 Å². The van der Waals surface area contributed by atoms with Gasteiger partial charge < -0.3 is 15.4 Å². The van der Waals surface area contributed by atoms with Crippen LogP contribution in [0.3, 0.4) is 0 Å². The van der Waals surface area contributed by atoms with Crippen molar-refractivity contribution in [3.8, 4) is 5.75 Å². The molecule has 1 amide bonds. The molecule has 19 heavy (non-hydrogen) atoms. The smallest absolute Gasteiger partial charge is 0.224 e. The fourth-order valence-electron chi connectivity index (χ4n) is 2.23. The summed E-state index contributed by atoms with van der Waals surface area (Å²) in [6.45, 7) is 2.06. The first-order chi connectivity index (χ1) is 8.78. The molecular formula is C14H21ClN2O2. The lowest BCUT2D eigenvalue weighted by Gasteiger charge is -2.21. The third-order valence-corrected chi connectivity index (χ3v) is 3.31. The zero-order valence-electron chi connectivity index (χ0n) is 11.1. The Bertz CT molecular complexity index is 389. The fourth-order valence-corrected chi connectivity index (χ4v) is 2.23. The molecule has 106 valence electrons. The molecule has 0 radical (unpaired) electrons. The highest BCUT2D eigenvalue weighted by Crippen LogP contribution is 2.18. The van der Waals surface area contributed by atoms with Crippen molar-refractivity contribution in [3.63, 3.8) is 0 Å². The molecule has 1 aliphatic heterocycles. The molecule has 2 N–H and O–H groups in total. The zero-order chi connectivity index (χ0) is 12.8. The van der Waals surface area contributed by atoms with Gasteiger partial charge >= 0.3 is 0 Å². The first-order valence-electron chi connectivity index (χ1n) is 6.42. The van der Waals surface area contributed by atoms with E-state index in [-0.39, 0.29) is 18.3 Å². The van der Waals surface area contributed by atoms with E-state index in [0.29, 0.717) is 12.3 Å². The molecule has 4 nitrogen and oxygen atoms in total. The van der Waals surface area contributed by atoms with Crippen LogP contribution in [0.5, 0.6) is 5.75 Å². The number of hydrogen-bond donors (Lipinski definition) is 2. The average Bonchev–Trinajstić information content (AvgIpc) is 2.40. The number of methoxy groups -OCH3 is 1. The van der Waals surface area contributed by atoms with Gasteiger partial charge in [-0.3, -0.25) is 4.79 Å². The van der Waals surface area contributed by atoms with Crippen LogP contribution in [0.4, 0.5) is 5.69 Å². The molecule has 1 aliphatic rings. The standard InChI is InChI=1S/C14H20N2O2.ClH/c1-18-13-4-2-12(3-5-13)16-14(17)10-11-6-8-15-9-7-11;/h2-5,11,15H,6-10H2,1H3,(H,16,17);1H. The summed E-state index contributed by atoms with van der Waals surface area (Å²) in [5.74, 6) is 1.42. The minimum absolute atomic E-state index is 0. The maximum Gasteiger partial charge on any atom is 0.224 e. The van der Waals surface area contributed by atoms with Gasteiger partial charge in [-0.05, 0) is 56.1 Å². The lowest BCUT2D eigenvalue weighted by atomic mass is 9.94. The van der Waals surface area contributed by atoms with Crippen LogP contribution >= 0.6 is 12.4 Å². The van der Waals surface area contributed by atoms with Gasteiger partial charge in [-0.1, -0.05) is 0 Å². The van der Waals surface area contributed by atoms with E-state index in [0.717, 1.165) is 37.4 Å². The quantitative estimate of drug-likeness (QED) is 0.893. The largest absolute Gasteiger partial charge is 0.497 e. The Balaban J connectivity index is 0.00000180. The Morgan fingerprint density at radius 1 is 1.32 bits per heavy atom. The van der Waals surface area contributed by atoms with Crippen LogP contribution in [0, 0.1) is 5.92 Å². The van der Waals surface area contributed by atoms with Crippen molar-refractivity contribution in [1.82, 2.24) is 5.32 Å². The van der Waals surface area contributed by atoms with E-state index in [1.165, 1.54) is 0 Å². The van der Waals surface area contributed by atoms with Gasteiger partial charge in [0.05, 0.1) is 7.11 Å². The van der Waals surface area contributed by atoms with E-state index in [1.807, 2.05) is 24.3 Å². The SMILES string of the molecule is COc1ccc(NC(=O)CC2CCNCC2)cc1.Cl. The Hall–Kier alpha value is -1.26. The van der Waals surface area contributed by atoms with E-state index in [2.05, 4.69) is 10.6 Å². The van der Waals surface area contributed by atoms with Crippen LogP contribution in [0.15, 0.2) is 24.3 Å². The van der Waals surface area contributed by atoms with Crippen molar-refractivity contribution in [1.29, 1.82) is 0 Å². The predicted molar refractivity (Wildman–Crippen MR) is 79.1 cm³/mol. The summed E-state index contributed by atoms with van der Waals surface area (Å²) in [6.07, 6.45) is 2.81. The van der Waals surface area contributed by atoms with E-state index >= 15 is 0 Å². The summed E-state index contributed by atoms with van der Waals surface area (Å²) in [5.41, 5.74) is 0.828. The number of halogens is 1. The van der Waals surface area contributed by atoms with Gasteiger partial charge in [0.15, 0.2) is 0 Å². The Morgan fingerprint density at radius 2 is 1.95 bits per heavy atom. The maximum atomic E-state index is 11.9. The van der Waals surface area contributed by atoms with Gasteiger partial charge in [-0.15, -0.1) is 12.4 Å². The number of anilines is 1. The van der Waals surface area contributed by atoms with Crippen LogP contribution in [0.2, 0.25) is 0 Å². The first kappa shape index (κ1) is 15.8. The maximum absolute atomic E-state index is 11.9. The minimum Gasteiger partial charge on any atom is -0.497 e. The summed E-state index contributed by atoms with van der Waals surface area (Å²) in [6, 6.07) is 7.42. The summed E-state index contributed by atoms with van der Waals surface area (Å²) in [5, 5.41) is 6.23. The normalized spacial score (nSPS) is 15.4. The lowest BCUT2D eigenvalue weighted by Crippen LogP contribution is -2.30. The van der Waals surface area contributed by atoms with Crippen molar-refractivity contribution >= 4 is 24.0 Å². The fraction of sp³-hybridized carbons (Fsp3) is 0.500. The Morgan fingerprint density at radius 3 is 2.53 bits per heavy atom. The number of carbonyl (C=O) groups is 1. The van der Waals surface area contributed by atoms with Crippen molar-refractivity contribution in [2.24, 2.45) is 5.92 Å². The molecule has 1 aromatic carbocycles. The van der Waals surface area contributed by atoms with Gasteiger partial charge in [-0.2, -0.15) is 0 Å². The second-order valence-corrected chi connectivity index (χ2v) is 4.67. The number of hydrogen-bond acceptors (Lipinski definition) is 3. The van der Waals surface area contributed by atoms with Crippen molar-refractivity contribution in [2.75, 3.05) is 25.5 Å². The molecule has 0 aliphatic carbocycles. The number of piperidine rings is 1. The molecule has 0 unspecified atom stereocenters. The number of amides is 1. The molecule has 1 saturated heterocycles. The summed E-state index contributed by atoms with van der Waals surface area (Å²) in [7, 11) is 1.63. The highest BCUT2D eigenvalue weighted by molar-refractivity contribution is 5.90. The van der Waals surface area contributed by atoms with Gasteiger partial charge in [0.1, 0.15) is 5.75 Å². The molecule has 0 spiro atoms. The molecule has 1 aromatic rings. The predicted octanol–water partition coefficient (Wildman–Crippen LogP) is 2.45. The molecule has 2 rings (SSSR count). The van der Waals surface area contributed by atoms with Crippen LogP contribution in [0.1, 0.15) is 19.3 Å². The van der Waals surface area contributed by atoms with E-state index < -0.39 is 0 Å². The van der Waals surface area contributed by atoms with E-state index in [4.69, 9.17) is 4.74 Å². The lowest BCUT2D eigenvalue weighted by molar-refractivity contribution is -0.117. The van der Waals surface area contributed by atoms with Crippen molar-refractivity contribution in [2.45, 2.75) is 19.3 Å². The molecule has 1 heterocycles. The monoisotopic (exact) mass is 284 g/mol. The summed E-state index contributed by atoms with van der Waals surface area (Å²) >= 11 is 0. The number of nitrogens with one attached hydrogen (secondary N) is 2. The molecule has 5 heteroatoms. The van der Waals surface area contributed by atoms with Crippen molar-refractivity contribution in [3.05, 3.63) is 24.3 Å². The van der Waals surface area contributed by atoms with Crippen molar-refractivity contribution < 1.29 is 9.53 Å². The third kappa shape index (κ3) is 5.09. The molecule has 0 saturated carbocycles. The molecule has 1 fully saturated rings. The summed E-state index contributed by atoms with van der Waals surface area (Å²) in [4.78, 5) is 11.9. The highest BCUT2D eigenvalue weighted by Gasteiger charge is 2.16. The van der Waals surface area contributed by atoms with Gasteiger partial charge in [0.2, 0.25) is 5.91 Å². The van der Waals surface area contributed by atoms with Crippen LogP contribution in [0.25, 0.3) is 0 Å². The van der Waals surface area contributed by atoms with Gasteiger partial charge in [-0.25, -0.2) is 0 Å². The minimum atomic E-state index is 0. The van der Waals surface area contributed by atoms with E-state index in [9.17, 15) is 4.79 Å². The Labute approximate surface area is 120 Å². The van der Waals surface area contributed by atoms with Gasteiger partial charge in [0.25, 0.3) is 0 Å². The number of ether oxygens (including phenoxy) is 1. The van der Waals surface area contributed by atoms with Crippen LogP contribution < -0.4 is 15.4 Å². The third-order valence-electron chi connectivity index (χ3n) is 3.31. The Kier molecular flexibility index (Phi) is 6.67. The molecular weight excluding hydrogens is 264 g/mol. The second-order valence-electron chi connectivity index (χ2n) is 4.67. The van der Waals surface area contributed by atoms with Crippen LogP contribution in [-0.4, -0.2) is 26.1 Å². The zero-order valence-corrected chi connectivity index (χ0v) is 12.0. The average molecular weight is 285 g/mol.